The molecule has 1 heterocycles. The van der Waals surface area contributed by atoms with E-state index in [1.807, 2.05) is 35.1 Å². The van der Waals surface area contributed by atoms with E-state index in [-0.39, 0.29) is 0 Å². The lowest BCUT2D eigenvalue weighted by Gasteiger charge is -2.06. The number of nitrogens with zero attached hydrogens (tertiary/aromatic N) is 3. The zero-order valence-electron chi connectivity index (χ0n) is 18.1. The summed E-state index contributed by atoms with van der Waals surface area (Å²) in [7, 11) is 1.69. The van der Waals surface area contributed by atoms with Gasteiger partial charge in [0.25, 0.3) is 0 Å². The van der Waals surface area contributed by atoms with Gasteiger partial charge in [-0.3, -0.25) is 0 Å². The number of hydrogen-bond acceptors (Lipinski definition) is 4. The van der Waals surface area contributed by atoms with Crippen molar-refractivity contribution in [1.29, 1.82) is 0 Å². The first-order valence-electron chi connectivity index (χ1n) is 10.6. The van der Waals surface area contributed by atoms with E-state index >= 15 is 0 Å². The van der Waals surface area contributed by atoms with E-state index in [0.717, 1.165) is 35.7 Å². The summed E-state index contributed by atoms with van der Waals surface area (Å²) in [5, 5.41) is 13.2. The van der Waals surface area contributed by atoms with Crippen molar-refractivity contribution in [3.05, 3.63) is 101 Å². The van der Waals surface area contributed by atoms with Gasteiger partial charge >= 0.3 is 0 Å². The molecule has 0 bridgehead atoms. The molecule has 5 nitrogen and oxygen atoms in total. The third-order valence-electron chi connectivity index (χ3n) is 5.39. The first-order valence-corrected chi connectivity index (χ1v) is 10.6. The van der Waals surface area contributed by atoms with Crippen molar-refractivity contribution < 1.29 is 4.74 Å². The average molecular weight is 413 g/mol. The van der Waals surface area contributed by atoms with Crippen LogP contribution in [0.2, 0.25) is 0 Å². The fourth-order valence-corrected chi connectivity index (χ4v) is 3.56. The predicted octanol–water partition coefficient (Wildman–Crippen LogP) is 4.64. The molecule has 158 valence electrons. The maximum absolute atomic E-state index is 5.23. The Bertz CT molecular complexity index is 1100. The van der Waals surface area contributed by atoms with Crippen LogP contribution in [0.1, 0.15) is 22.4 Å². The van der Waals surface area contributed by atoms with Gasteiger partial charge in [0.15, 0.2) is 0 Å². The largest absolute Gasteiger partial charge is 0.497 e. The number of rotatable bonds is 9. The zero-order chi connectivity index (χ0) is 21.5. The molecule has 0 unspecified atom stereocenters. The van der Waals surface area contributed by atoms with Gasteiger partial charge in [-0.1, -0.05) is 66.7 Å². The number of benzene rings is 3. The Balaban J connectivity index is 1.46. The lowest BCUT2D eigenvalue weighted by molar-refractivity contribution is 0.414. The van der Waals surface area contributed by atoms with Gasteiger partial charge < -0.3 is 10.1 Å². The minimum Gasteiger partial charge on any atom is -0.497 e. The van der Waals surface area contributed by atoms with Crippen LogP contribution in [-0.4, -0.2) is 28.6 Å². The Morgan fingerprint density at radius 1 is 0.871 bits per heavy atom. The van der Waals surface area contributed by atoms with Crippen LogP contribution in [0.25, 0.3) is 11.3 Å². The van der Waals surface area contributed by atoms with E-state index in [4.69, 9.17) is 14.9 Å². The van der Waals surface area contributed by atoms with Crippen LogP contribution < -0.4 is 10.1 Å². The standard InChI is InChI=1S/C26H28N4O/c1-20-8-6-7-11-23(20)19-30-28-25(26(29-30)22-9-4-3-5-10-22)18-27-17-16-21-12-14-24(31-2)15-13-21/h3-15,27H,16-19H2,1-2H3. The van der Waals surface area contributed by atoms with Crippen LogP contribution in [0.15, 0.2) is 78.9 Å². The van der Waals surface area contributed by atoms with Crippen molar-refractivity contribution in [1.82, 2.24) is 20.3 Å². The highest BCUT2D eigenvalue weighted by molar-refractivity contribution is 5.60. The molecule has 0 spiro atoms. The van der Waals surface area contributed by atoms with Gasteiger partial charge in [0.2, 0.25) is 0 Å². The van der Waals surface area contributed by atoms with Gasteiger partial charge in [-0.15, -0.1) is 0 Å². The summed E-state index contributed by atoms with van der Waals surface area (Å²) in [6.07, 6.45) is 0.946. The normalized spacial score (nSPS) is 10.9. The molecule has 0 saturated carbocycles. The van der Waals surface area contributed by atoms with Crippen LogP contribution >= 0.6 is 0 Å². The molecule has 3 aromatic carbocycles. The molecule has 4 rings (SSSR count). The highest BCUT2D eigenvalue weighted by atomic mass is 16.5. The van der Waals surface area contributed by atoms with Crippen molar-refractivity contribution in [3.63, 3.8) is 0 Å². The number of aryl methyl sites for hydroxylation is 1. The Morgan fingerprint density at radius 2 is 1.61 bits per heavy atom. The van der Waals surface area contributed by atoms with Gasteiger partial charge in [-0.05, 0) is 48.7 Å². The summed E-state index contributed by atoms with van der Waals surface area (Å²) in [6.45, 7) is 4.33. The Morgan fingerprint density at radius 3 is 2.35 bits per heavy atom. The van der Waals surface area contributed by atoms with E-state index in [0.29, 0.717) is 13.1 Å². The van der Waals surface area contributed by atoms with E-state index in [1.54, 1.807) is 7.11 Å². The third-order valence-corrected chi connectivity index (χ3v) is 5.39. The monoisotopic (exact) mass is 412 g/mol. The summed E-state index contributed by atoms with van der Waals surface area (Å²) in [5.41, 5.74) is 6.75. The summed E-state index contributed by atoms with van der Waals surface area (Å²) >= 11 is 0. The highest BCUT2D eigenvalue weighted by Crippen LogP contribution is 2.21. The fraction of sp³-hybridized carbons (Fsp3) is 0.231. The second-order valence-electron chi connectivity index (χ2n) is 7.59. The van der Waals surface area contributed by atoms with Crippen LogP contribution in [0.5, 0.6) is 5.75 Å². The maximum Gasteiger partial charge on any atom is 0.118 e. The van der Waals surface area contributed by atoms with E-state index in [9.17, 15) is 0 Å². The Labute approximate surface area is 183 Å². The topological polar surface area (TPSA) is 52.0 Å². The molecule has 0 aliphatic carbocycles. The molecule has 0 aliphatic heterocycles. The Hall–Kier alpha value is -3.44. The smallest absolute Gasteiger partial charge is 0.118 e. The minimum absolute atomic E-state index is 0.665. The first kappa shape index (κ1) is 20.8. The van der Waals surface area contributed by atoms with Crippen molar-refractivity contribution in [2.24, 2.45) is 0 Å². The predicted molar refractivity (Wildman–Crippen MR) is 124 cm³/mol. The molecule has 5 heteroatoms. The number of aromatic nitrogens is 3. The molecule has 0 radical (unpaired) electrons. The SMILES string of the molecule is COc1ccc(CCNCc2nn(Cc3ccccc3C)nc2-c2ccccc2)cc1. The molecule has 1 aromatic heterocycles. The van der Waals surface area contributed by atoms with Crippen molar-refractivity contribution >= 4 is 0 Å². The molecular weight excluding hydrogens is 384 g/mol. The molecule has 1 N–H and O–H groups in total. The molecular formula is C26H28N4O. The van der Waals surface area contributed by atoms with Gasteiger partial charge in [0, 0.05) is 12.1 Å². The second-order valence-corrected chi connectivity index (χ2v) is 7.59. The molecule has 0 amide bonds. The highest BCUT2D eigenvalue weighted by Gasteiger charge is 2.13. The summed E-state index contributed by atoms with van der Waals surface area (Å²) in [5.74, 6) is 0.884. The Kier molecular flexibility index (Phi) is 6.75. The minimum atomic E-state index is 0.665. The van der Waals surface area contributed by atoms with Crippen molar-refractivity contribution in [2.45, 2.75) is 26.4 Å². The molecule has 31 heavy (non-hydrogen) atoms. The number of hydrogen-bond donors (Lipinski definition) is 1. The third kappa shape index (κ3) is 5.38. The summed E-state index contributed by atoms with van der Waals surface area (Å²) in [4.78, 5) is 1.81. The number of nitrogens with one attached hydrogen (secondary N) is 1. The maximum atomic E-state index is 5.23. The fourth-order valence-electron chi connectivity index (χ4n) is 3.56. The molecule has 0 saturated heterocycles. The summed E-state index contributed by atoms with van der Waals surface area (Å²) < 4.78 is 5.23. The van der Waals surface area contributed by atoms with E-state index in [2.05, 4.69) is 60.8 Å². The van der Waals surface area contributed by atoms with Gasteiger partial charge in [-0.25, -0.2) is 0 Å². The lowest BCUT2D eigenvalue weighted by atomic mass is 10.1. The number of ether oxygens (including phenoxy) is 1. The zero-order valence-corrected chi connectivity index (χ0v) is 18.1. The quantitative estimate of drug-likeness (QED) is 0.407. The van der Waals surface area contributed by atoms with Crippen molar-refractivity contribution in [3.8, 4) is 17.0 Å². The molecule has 0 atom stereocenters. The van der Waals surface area contributed by atoms with Gasteiger partial charge in [-0.2, -0.15) is 15.0 Å². The van der Waals surface area contributed by atoms with Crippen LogP contribution in [-0.2, 0) is 19.5 Å². The summed E-state index contributed by atoms with van der Waals surface area (Å²) in [6, 6.07) is 26.9. The lowest BCUT2D eigenvalue weighted by Crippen LogP contribution is -2.17. The molecule has 0 fully saturated rings. The van der Waals surface area contributed by atoms with Crippen LogP contribution in [0, 0.1) is 6.92 Å². The number of methoxy groups -OCH3 is 1. The van der Waals surface area contributed by atoms with Crippen molar-refractivity contribution in [2.75, 3.05) is 13.7 Å². The average Bonchev–Trinajstić information content (AvgIpc) is 3.22. The van der Waals surface area contributed by atoms with Gasteiger partial charge in [0.05, 0.1) is 13.7 Å². The molecule has 4 aromatic rings. The van der Waals surface area contributed by atoms with E-state index in [1.165, 1.54) is 16.7 Å². The van der Waals surface area contributed by atoms with Crippen LogP contribution in [0.3, 0.4) is 0 Å². The molecule has 0 aliphatic rings. The van der Waals surface area contributed by atoms with E-state index < -0.39 is 0 Å². The van der Waals surface area contributed by atoms with Crippen LogP contribution in [0.4, 0.5) is 0 Å². The first-order chi connectivity index (χ1) is 15.2. The van der Waals surface area contributed by atoms with Gasteiger partial charge in [0.1, 0.15) is 17.1 Å². The second kappa shape index (κ2) is 10.0.